The highest BCUT2D eigenvalue weighted by atomic mass is 127. The van der Waals surface area contributed by atoms with Crippen molar-refractivity contribution in [1.29, 1.82) is 0 Å². The highest BCUT2D eigenvalue weighted by Gasteiger charge is 2.23. The average Bonchev–Trinajstić information content (AvgIpc) is 2.14. The van der Waals surface area contributed by atoms with Crippen LogP contribution in [-0.2, 0) is 0 Å². The van der Waals surface area contributed by atoms with E-state index in [4.69, 9.17) is 0 Å². The van der Waals surface area contributed by atoms with Crippen molar-refractivity contribution in [1.82, 2.24) is 0 Å². The van der Waals surface area contributed by atoms with E-state index in [9.17, 15) is 0 Å². The van der Waals surface area contributed by atoms with Crippen LogP contribution in [0.25, 0.3) is 0 Å². The Labute approximate surface area is 101 Å². The molecule has 0 aliphatic heterocycles. The van der Waals surface area contributed by atoms with Crippen molar-refractivity contribution in [2.45, 2.75) is 40.0 Å². The first-order valence-corrected chi connectivity index (χ1v) is 6.31. The molecule has 0 aliphatic rings. The topological polar surface area (TPSA) is 12.4 Å². The van der Waals surface area contributed by atoms with Crippen LogP contribution in [0.4, 0.5) is 0 Å². The lowest BCUT2D eigenvalue weighted by atomic mass is 9.83. The Hall–Kier alpha value is 0.490. The molecule has 3 heteroatoms. The molecule has 0 radical (unpaired) electrons. The first kappa shape index (κ1) is 13.5. The average molecular weight is 311 g/mol. The zero-order valence-corrected chi connectivity index (χ0v) is 11.6. The Bertz CT molecular complexity index is 201. The van der Waals surface area contributed by atoms with Gasteiger partial charge in [-0.3, -0.25) is 4.99 Å². The first-order chi connectivity index (χ1) is 6.10. The summed E-state index contributed by atoms with van der Waals surface area (Å²) in [6, 6.07) is 0. The van der Waals surface area contributed by atoms with Crippen LogP contribution in [0.2, 0.25) is 0 Å². The number of thiol groups is 1. The van der Waals surface area contributed by atoms with E-state index in [1.807, 2.05) is 6.20 Å². The summed E-state index contributed by atoms with van der Waals surface area (Å²) >= 11 is 6.62. The maximum atomic E-state index is 4.50. The number of aliphatic imine (C=N–C) groups is 1. The number of allylic oxidation sites excluding steroid dienone is 1. The van der Waals surface area contributed by atoms with Crippen LogP contribution in [0.1, 0.15) is 40.0 Å². The number of rotatable bonds is 5. The molecule has 0 fully saturated rings. The maximum Gasteiger partial charge on any atom is 0.0651 e. The van der Waals surface area contributed by atoms with Crippen molar-refractivity contribution >= 4 is 39.4 Å². The van der Waals surface area contributed by atoms with Gasteiger partial charge in [0.25, 0.3) is 0 Å². The van der Waals surface area contributed by atoms with Crippen molar-refractivity contribution in [3.63, 3.8) is 0 Å². The molecule has 0 saturated carbocycles. The molecular weight excluding hydrogens is 293 g/mol. The van der Waals surface area contributed by atoms with Crippen molar-refractivity contribution in [3.8, 4) is 0 Å². The third-order valence-corrected chi connectivity index (χ3v) is 3.43. The number of hydrogen-bond acceptors (Lipinski definition) is 2. The van der Waals surface area contributed by atoms with Gasteiger partial charge in [-0.2, -0.15) is 0 Å². The third-order valence-electron chi connectivity index (χ3n) is 2.45. The Morgan fingerprint density at radius 3 is 2.54 bits per heavy atom. The fourth-order valence-corrected chi connectivity index (χ4v) is 1.79. The second-order valence-corrected chi connectivity index (χ2v) is 4.46. The van der Waals surface area contributed by atoms with Crippen molar-refractivity contribution in [2.75, 3.05) is 0 Å². The molecule has 1 atom stereocenters. The normalized spacial score (nSPS) is 17.8. The molecule has 1 unspecified atom stereocenters. The number of nitrogens with zero attached hydrogens (tertiary/aromatic N) is 1. The highest BCUT2D eigenvalue weighted by Crippen LogP contribution is 2.37. The zero-order valence-electron chi connectivity index (χ0n) is 8.55. The SMILES string of the molecule is CCCC(C)(CC)/C(S)=C/N=CI. The Balaban J connectivity index is 4.54. The summed E-state index contributed by atoms with van der Waals surface area (Å²) in [6.45, 7) is 6.65. The van der Waals surface area contributed by atoms with Crippen molar-refractivity contribution < 1.29 is 0 Å². The summed E-state index contributed by atoms with van der Waals surface area (Å²) in [5, 5.41) is 0. The maximum absolute atomic E-state index is 4.50. The van der Waals surface area contributed by atoms with Gasteiger partial charge in [-0.1, -0.05) is 27.2 Å². The third kappa shape index (κ3) is 4.49. The molecule has 0 bridgehead atoms. The Morgan fingerprint density at radius 1 is 1.54 bits per heavy atom. The van der Waals surface area contributed by atoms with Crippen LogP contribution in [0.15, 0.2) is 16.1 Å². The predicted octanol–water partition coefficient (Wildman–Crippen LogP) is 4.44. The van der Waals surface area contributed by atoms with Crippen LogP contribution >= 0.6 is 35.2 Å². The second-order valence-electron chi connectivity index (χ2n) is 3.43. The van der Waals surface area contributed by atoms with Gasteiger partial charge in [0.2, 0.25) is 0 Å². The molecule has 0 aromatic rings. The standard InChI is InChI=1S/C10H18INS/c1-4-6-10(3,5-2)9(13)7-12-8-11/h7-8,13H,4-6H2,1-3H3/b9-7-,12-8?. The second kappa shape index (κ2) is 6.87. The molecule has 0 saturated heterocycles. The Morgan fingerprint density at radius 2 is 2.15 bits per heavy atom. The van der Waals surface area contributed by atoms with Crippen molar-refractivity contribution in [3.05, 3.63) is 11.1 Å². The van der Waals surface area contributed by atoms with Gasteiger partial charge in [0.15, 0.2) is 0 Å². The van der Waals surface area contributed by atoms with E-state index in [2.05, 4.69) is 61.0 Å². The van der Waals surface area contributed by atoms with E-state index < -0.39 is 0 Å². The van der Waals surface area contributed by atoms with Gasteiger partial charge in [-0.05, 0) is 40.8 Å². The molecule has 0 spiro atoms. The van der Waals surface area contributed by atoms with Gasteiger partial charge in [0.05, 0.1) is 4.22 Å². The monoisotopic (exact) mass is 311 g/mol. The zero-order chi connectivity index (χ0) is 10.3. The van der Waals surface area contributed by atoms with Crippen molar-refractivity contribution in [2.24, 2.45) is 10.4 Å². The van der Waals surface area contributed by atoms with E-state index >= 15 is 0 Å². The Kier molecular flexibility index (Phi) is 7.13. The van der Waals surface area contributed by atoms with Crippen LogP contribution in [-0.4, -0.2) is 4.22 Å². The fraction of sp³-hybridized carbons (Fsp3) is 0.700. The molecule has 0 aromatic heterocycles. The number of hydrogen-bond donors (Lipinski definition) is 1. The van der Waals surface area contributed by atoms with Gasteiger partial charge >= 0.3 is 0 Å². The summed E-state index contributed by atoms with van der Waals surface area (Å²) < 4.78 is 1.76. The van der Waals surface area contributed by atoms with Gasteiger partial charge < -0.3 is 0 Å². The molecule has 1 nitrogen and oxygen atoms in total. The van der Waals surface area contributed by atoms with E-state index in [0.717, 1.165) is 11.3 Å². The number of halogens is 1. The van der Waals surface area contributed by atoms with Gasteiger partial charge in [-0.25, -0.2) is 0 Å². The summed E-state index contributed by atoms with van der Waals surface area (Å²) in [4.78, 5) is 5.18. The highest BCUT2D eigenvalue weighted by molar-refractivity contribution is 14.1. The summed E-state index contributed by atoms with van der Waals surface area (Å²) in [6.07, 6.45) is 5.34. The van der Waals surface area contributed by atoms with Gasteiger partial charge in [0.1, 0.15) is 0 Å². The summed E-state index contributed by atoms with van der Waals surface area (Å²) in [7, 11) is 0. The smallest absolute Gasteiger partial charge is 0.0651 e. The van der Waals surface area contributed by atoms with E-state index in [1.165, 1.54) is 12.8 Å². The molecule has 0 amide bonds. The minimum Gasteiger partial charge on any atom is -0.257 e. The quantitative estimate of drug-likeness (QED) is 0.438. The molecular formula is C10H18INS. The molecule has 0 aliphatic carbocycles. The van der Waals surface area contributed by atoms with Crippen LogP contribution in [0, 0.1) is 5.41 Å². The molecule has 0 rings (SSSR count). The predicted molar refractivity (Wildman–Crippen MR) is 72.9 cm³/mol. The largest absolute Gasteiger partial charge is 0.257 e. The van der Waals surface area contributed by atoms with E-state index in [-0.39, 0.29) is 5.41 Å². The lowest BCUT2D eigenvalue weighted by Crippen LogP contribution is -2.15. The van der Waals surface area contributed by atoms with E-state index in [0.29, 0.717) is 0 Å². The summed E-state index contributed by atoms with van der Waals surface area (Å²) in [5.41, 5.74) is 0.209. The van der Waals surface area contributed by atoms with Gasteiger partial charge in [-0.15, -0.1) is 12.6 Å². The van der Waals surface area contributed by atoms with Gasteiger partial charge in [0, 0.05) is 11.1 Å². The molecule has 76 valence electrons. The fourth-order valence-electron chi connectivity index (χ4n) is 1.29. The van der Waals surface area contributed by atoms with Crippen LogP contribution < -0.4 is 0 Å². The molecule has 0 aromatic carbocycles. The lowest BCUT2D eigenvalue weighted by molar-refractivity contribution is 0.365. The minimum absolute atomic E-state index is 0.209. The van der Waals surface area contributed by atoms with E-state index in [1.54, 1.807) is 4.22 Å². The first-order valence-electron chi connectivity index (χ1n) is 4.62. The summed E-state index contributed by atoms with van der Waals surface area (Å²) in [5.74, 6) is 0. The lowest BCUT2D eigenvalue weighted by Gasteiger charge is -2.27. The van der Waals surface area contributed by atoms with Crippen LogP contribution in [0.3, 0.4) is 0 Å². The molecule has 0 heterocycles. The molecule has 0 N–H and O–H groups in total. The molecule has 13 heavy (non-hydrogen) atoms. The minimum atomic E-state index is 0.209. The van der Waals surface area contributed by atoms with Crippen LogP contribution in [0.5, 0.6) is 0 Å².